The molecule has 0 spiro atoms. The molecular weight excluding hydrogens is 244 g/mol. The van der Waals surface area contributed by atoms with Crippen LogP contribution >= 0.6 is 0 Å². The molecule has 0 bridgehead atoms. The molecule has 19 heavy (non-hydrogen) atoms. The first-order valence-electron chi connectivity index (χ1n) is 5.89. The molecule has 0 radical (unpaired) electrons. The van der Waals surface area contributed by atoms with Crippen molar-refractivity contribution in [1.82, 2.24) is 5.32 Å². The second kappa shape index (κ2) is 4.28. The number of rotatable bonds is 2. The molecule has 0 saturated carbocycles. The maximum Gasteiger partial charge on any atom is 0.321 e. The Kier molecular flexibility index (Phi) is 2.59. The zero-order valence-corrected chi connectivity index (χ0v) is 10.3. The normalized spacial score (nSPS) is 13.9. The number of carbonyl (C=O) groups excluding carboxylic acids is 2. The van der Waals surface area contributed by atoms with E-state index in [1.165, 1.54) is 0 Å². The van der Waals surface area contributed by atoms with Crippen LogP contribution in [0, 0.1) is 0 Å². The topological polar surface area (TPSA) is 62.6 Å². The highest BCUT2D eigenvalue weighted by Crippen LogP contribution is 2.29. The largest absolute Gasteiger partial charge is 0.453 e. The zero-order valence-electron chi connectivity index (χ0n) is 10.3. The van der Waals surface area contributed by atoms with Crippen LogP contribution in [0.1, 0.15) is 16.1 Å². The van der Waals surface area contributed by atoms with Gasteiger partial charge in [-0.05, 0) is 35.9 Å². The van der Waals surface area contributed by atoms with Gasteiger partial charge in [-0.25, -0.2) is 4.79 Å². The number of furan rings is 1. The highest BCUT2D eigenvalue weighted by Gasteiger charge is 2.20. The number of fused-ring (bicyclic) bond motifs is 1. The number of nitrogens with zero attached hydrogens (tertiary/aromatic N) is 1. The lowest BCUT2D eigenvalue weighted by Crippen LogP contribution is -2.41. The van der Waals surface area contributed by atoms with Gasteiger partial charge < -0.3 is 9.73 Å². The van der Waals surface area contributed by atoms with E-state index in [-0.39, 0.29) is 6.03 Å². The molecule has 1 aromatic carbocycles. The maximum atomic E-state index is 11.5. The van der Waals surface area contributed by atoms with E-state index in [0.717, 1.165) is 16.8 Å². The van der Waals surface area contributed by atoms with Crippen LogP contribution in [0.2, 0.25) is 0 Å². The summed E-state index contributed by atoms with van der Waals surface area (Å²) in [6, 6.07) is 9.00. The number of amides is 2. The minimum absolute atomic E-state index is 0.110. The summed E-state index contributed by atoms with van der Waals surface area (Å²) in [4.78, 5) is 23.7. The lowest BCUT2D eigenvalue weighted by atomic mass is 10.0. The van der Waals surface area contributed by atoms with E-state index in [2.05, 4.69) is 5.32 Å². The highest BCUT2D eigenvalue weighted by atomic mass is 16.3. The van der Waals surface area contributed by atoms with Crippen LogP contribution in [0.15, 0.2) is 34.7 Å². The van der Waals surface area contributed by atoms with Crippen LogP contribution in [-0.4, -0.2) is 19.4 Å². The van der Waals surface area contributed by atoms with Crippen LogP contribution in [0.4, 0.5) is 10.5 Å². The molecule has 0 unspecified atom stereocenters. The van der Waals surface area contributed by atoms with Crippen LogP contribution < -0.4 is 10.2 Å². The molecule has 2 heterocycles. The number of carbonyl (C=O) groups is 2. The summed E-state index contributed by atoms with van der Waals surface area (Å²) >= 11 is 0. The predicted octanol–water partition coefficient (Wildman–Crippen LogP) is 2.42. The van der Waals surface area contributed by atoms with E-state index in [1.807, 2.05) is 18.2 Å². The van der Waals surface area contributed by atoms with Gasteiger partial charge in [0.15, 0.2) is 12.0 Å². The Morgan fingerprint density at radius 2 is 2.16 bits per heavy atom. The number of aldehydes is 1. The fraction of sp³-hybridized carbons (Fsp3) is 0.143. The molecule has 96 valence electrons. The van der Waals surface area contributed by atoms with E-state index in [9.17, 15) is 9.59 Å². The summed E-state index contributed by atoms with van der Waals surface area (Å²) in [7, 11) is 1.73. The van der Waals surface area contributed by atoms with Crippen LogP contribution in [-0.2, 0) is 6.54 Å². The van der Waals surface area contributed by atoms with Gasteiger partial charge in [0.2, 0.25) is 0 Å². The fourth-order valence-electron chi connectivity index (χ4n) is 2.18. The molecule has 1 N–H and O–H groups in total. The van der Waals surface area contributed by atoms with Crippen molar-refractivity contribution in [2.24, 2.45) is 0 Å². The molecular formula is C14H12N2O3. The van der Waals surface area contributed by atoms with Gasteiger partial charge in [0, 0.05) is 19.2 Å². The van der Waals surface area contributed by atoms with Crippen LogP contribution in [0.3, 0.4) is 0 Å². The summed E-state index contributed by atoms with van der Waals surface area (Å²) in [6.45, 7) is 0.494. The van der Waals surface area contributed by atoms with E-state index < -0.39 is 0 Å². The molecule has 5 nitrogen and oxygen atoms in total. The lowest BCUT2D eigenvalue weighted by molar-refractivity contribution is 0.110. The van der Waals surface area contributed by atoms with Crippen LogP contribution in [0.25, 0.3) is 11.3 Å². The third-order valence-corrected chi connectivity index (χ3v) is 3.20. The van der Waals surface area contributed by atoms with Gasteiger partial charge in [0.25, 0.3) is 0 Å². The van der Waals surface area contributed by atoms with Gasteiger partial charge in [-0.2, -0.15) is 0 Å². The Hall–Kier alpha value is -2.56. The van der Waals surface area contributed by atoms with Crippen molar-refractivity contribution in [2.45, 2.75) is 6.54 Å². The second-order valence-electron chi connectivity index (χ2n) is 4.38. The first-order chi connectivity index (χ1) is 9.19. The van der Waals surface area contributed by atoms with Crippen molar-refractivity contribution in [3.8, 4) is 11.3 Å². The van der Waals surface area contributed by atoms with E-state index in [0.29, 0.717) is 24.4 Å². The Morgan fingerprint density at radius 1 is 1.32 bits per heavy atom. The predicted molar refractivity (Wildman–Crippen MR) is 70.2 cm³/mol. The number of urea groups is 1. The van der Waals surface area contributed by atoms with Crippen molar-refractivity contribution in [3.05, 3.63) is 41.7 Å². The standard InChI is InChI=1S/C14H12N2O3/c1-16-12-4-2-9(6-10(12)7-15-14(16)18)13-5-3-11(8-17)19-13/h2-6,8H,7H2,1H3,(H,15,18). The molecule has 1 aliphatic rings. The number of nitrogens with one attached hydrogen (secondary N) is 1. The summed E-state index contributed by atoms with van der Waals surface area (Å²) in [5.74, 6) is 0.947. The van der Waals surface area contributed by atoms with Gasteiger partial charge in [0.1, 0.15) is 5.76 Å². The minimum atomic E-state index is -0.110. The molecule has 2 aromatic rings. The molecule has 0 fully saturated rings. The van der Waals surface area contributed by atoms with Gasteiger partial charge in [-0.3, -0.25) is 9.69 Å². The van der Waals surface area contributed by atoms with E-state index in [1.54, 1.807) is 24.1 Å². The summed E-state index contributed by atoms with van der Waals surface area (Å²) < 4.78 is 5.39. The maximum absolute atomic E-state index is 11.5. The third kappa shape index (κ3) is 1.89. The number of anilines is 1. The summed E-state index contributed by atoms with van der Waals surface area (Å²) in [6.07, 6.45) is 0.676. The van der Waals surface area contributed by atoms with Crippen molar-refractivity contribution in [1.29, 1.82) is 0 Å². The van der Waals surface area contributed by atoms with Crippen molar-refractivity contribution >= 4 is 18.0 Å². The Morgan fingerprint density at radius 3 is 2.89 bits per heavy atom. The SMILES string of the molecule is CN1C(=O)NCc2cc(-c3ccc(C=O)o3)ccc21. The Balaban J connectivity index is 2.02. The number of benzene rings is 1. The quantitative estimate of drug-likeness (QED) is 0.839. The number of hydrogen-bond donors (Lipinski definition) is 1. The Bertz CT molecular complexity index is 660. The third-order valence-electron chi connectivity index (χ3n) is 3.20. The minimum Gasteiger partial charge on any atom is -0.453 e. The highest BCUT2D eigenvalue weighted by molar-refractivity contribution is 5.94. The first kappa shape index (κ1) is 11.5. The second-order valence-corrected chi connectivity index (χ2v) is 4.38. The van der Waals surface area contributed by atoms with Crippen molar-refractivity contribution in [2.75, 3.05) is 11.9 Å². The van der Waals surface area contributed by atoms with E-state index in [4.69, 9.17) is 4.42 Å². The van der Waals surface area contributed by atoms with Gasteiger partial charge in [-0.15, -0.1) is 0 Å². The zero-order chi connectivity index (χ0) is 13.4. The van der Waals surface area contributed by atoms with Crippen molar-refractivity contribution < 1.29 is 14.0 Å². The lowest BCUT2D eigenvalue weighted by Gasteiger charge is -2.26. The van der Waals surface area contributed by atoms with Crippen LogP contribution in [0.5, 0.6) is 0 Å². The monoisotopic (exact) mass is 256 g/mol. The van der Waals surface area contributed by atoms with Gasteiger partial charge in [-0.1, -0.05) is 0 Å². The molecule has 0 atom stereocenters. The average molecular weight is 256 g/mol. The molecule has 0 saturated heterocycles. The van der Waals surface area contributed by atoms with Gasteiger partial charge >= 0.3 is 6.03 Å². The molecule has 5 heteroatoms. The number of hydrogen-bond acceptors (Lipinski definition) is 3. The fourth-order valence-corrected chi connectivity index (χ4v) is 2.18. The smallest absolute Gasteiger partial charge is 0.321 e. The summed E-state index contributed by atoms with van der Waals surface area (Å²) in [5.41, 5.74) is 2.79. The molecule has 3 rings (SSSR count). The summed E-state index contributed by atoms with van der Waals surface area (Å²) in [5, 5.41) is 2.78. The van der Waals surface area contributed by atoms with Gasteiger partial charge in [0.05, 0.1) is 5.69 Å². The Labute approximate surface area is 109 Å². The molecule has 2 amide bonds. The van der Waals surface area contributed by atoms with Crippen molar-refractivity contribution in [3.63, 3.8) is 0 Å². The first-order valence-corrected chi connectivity index (χ1v) is 5.89. The molecule has 0 aliphatic carbocycles. The average Bonchev–Trinajstić information content (AvgIpc) is 2.91. The molecule has 1 aliphatic heterocycles. The molecule has 1 aromatic heterocycles. The van der Waals surface area contributed by atoms with E-state index >= 15 is 0 Å².